The van der Waals surface area contributed by atoms with Gasteiger partial charge >= 0.3 is 0 Å². The fourth-order valence-corrected chi connectivity index (χ4v) is 1.74. The molecule has 0 radical (unpaired) electrons. The zero-order valence-electron chi connectivity index (χ0n) is 9.94. The van der Waals surface area contributed by atoms with Crippen LogP contribution in [0.1, 0.15) is 43.9 Å². The summed E-state index contributed by atoms with van der Waals surface area (Å²) in [5.74, 6) is 0.479. The lowest BCUT2D eigenvalue weighted by molar-refractivity contribution is 0.199. The second kappa shape index (κ2) is 4.22. The molecule has 1 aromatic carbocycles. The average Bonchev–Trinajstić information content (AvgIpc) is 2.27. The Hall–Kier alpha value is -1.41. The maximum atomic E-state index is 9.54. The SMILES string of the molecule is CC(C)c1cnc2ccc(C(C)O)cc2c1. The molecular formula is C14H17NO. The Morgan fingerprint density at radius 3 is 2.38 bits per heavy atom. The summed E-state index contributed by atoms with van der Waals surface area (Å²) in [6.07, 6.45) is 1.50. The van der Waals surface area contributed by atoms with Gasteiger partial charge in [-0.05, 0) is 42.2 Å². The number of aliphatic hydroxyl groups excluding tert-OH is 1. The normalized spacial score (nSPS) is 13.3. The van der Waals surface area contributed by atoms with Crippen molar-refractivity contribution in [3.05, 3.63) is 41.6 Å². The van der Waals surface area contributed by atoms with Crippen LogP contribution in [0.5, 0.6) is 0 Å². The number of aromatic nitrogens is 1. The molecule has 2 aromatic rings. The summed E-state index contributed by atoms with van der Waals surface area (Å²) >= 11 is 0. The number of nitrogens with zero attached hydrogens (tertiary/aromatic N) is 1. The van der Waals surface area contributed by atoms with Crippen molar-refractivity contribution in [2.45, 2.75) is 32.8 Å². The van der Waals surface area contributed by atoms with E-state index >= 15 is 0 Å². The number of hydrogen-bond acceptors (Lipinski definition) is 2. The second-order valence-corrected chi connectivity index (χ2v) is 4.55. The van der Waals surface area contributed by atoms with Crippen LogP contribution in [-0.2, 0) is 0 Å². The zero-order valence-corrected chi connectivity index (χ0v) is 9.94. The van der Waals surface area contributed by atoms with Crippen molar-refractivity contribution in [3.63, 3.8) is 0 Å². The van der Waals surface area contributed by atoms with Gasteiger partial charge in [0, 0.05) is 11.6 Å². The minimum atomic E-state index is -0.424. The molecule has 16 heavy (non-hydrogen) atoms. The van der Waals surface area contributed by atoms with E-state index in [9.17, 15) is 5.11 Å². The molecular weight excluding hydrogens is 198 g/mol. The molecule has 0 fully saturated rings. The van der Waals surface area contributed by atoms with Gasteiger partial charge in [0.25, 0.3) is 0 Å². The van der Waals surface area contributed by atoms with Crippen LogP contribution in [0.4, 0.5) is 0 Å². The van der Waals surface area contributed by atoms with E-state index in [4.69, 9.17) is 0 Å². The van der Waals surface area contributed by atoms with Gasteiger partial charge in [0.2, 0.25) is 0 Å². The molecule has 1 heterocycles. The summed E-state index contributed by atoms with van der Waals surface area (Å²) in [6.45, 7) is 6.09. The van der Waals surface area contributed by atoms with Crippen LogP contribution in [0.15, 0.2) is 30.5 Å². The summed E-state index contributed by atoms with van der Waals surface area (Å²) in [6, 6.07) is 8.05. The summed E-state index contributed by atoms with van der Waals surface area (Å²) in [4.78, 5) is 4.42. The maximum absolute atomic E-state index is 9.54. The van der Waals surface area contributed by atoms with E-state index in [0.717, 1.165) is 16.5 Å². The Kier molecular flexibility index (Phi) is 2.92. The highest BCUT2D eigenvalue weighted by Crippen LogP contribution is 2.22. The number of rotatable bonds is 2. The van der Waals surface area contributed by atoms with E-state index in [2.05, 4.69) is 24.9 Å². The quantitative estimate of drug-likeness (QED) is 0.832. The van der Waals surface area contributed by atoms with E-state index in [-0.39, 0.29) is 0 Å². The van der Waals surface area contributed by atoms with Crippen molar-refractivity contribution in [3.8, 4) is 0 Å². The molecule has 0 bridgehead atoms. The number of hydrogen-bond donors (Lipinski definition) is 1. The lowest BCUT2D eigenvalue weighted by Crippen LogP contribution is -1.93. The molecule has 2 heteroatoms. The molecule has 1 N–H and O–H groups in total. The van der Waals surface area contributed by atoms with Gasteiger partial charge in [-0.3, -0.25) is 4.98 Å². The van der Waals surface area contributed by atoms with Crippen LogP contribution >= 0.6 is 0 Å². The third-order valence-electron chi connectivity index (χ3n) is 2.88. The number of fused-ring (bicyclic) bond motifs is 1. The fraction of sp³-hybridized carbons (Fsp3) is 0.357. The second-order valence-electron chi connectivity index (χ2n) is 4.55. The van der Waals surface area contributed by atoms with Gasteiger partial charge < -0.3 is 5.11 Å². The first-order valence-electron chi connectivity index (χ1n) is 5.65. The van der Waals surface area contributed by atoms with Gasteiger partial charge in [-0.15, -0.1) is 0 Å². The Bertz CT molecular complexity index is 460. The van der Waals surface area contributed by atoms with Crippen molar-refractivity contribution in [2.24, 2.45) is 0 Å². The molecule has 2 nitrogen and oxygen atoms in total. The topological polar surface area (TPSA) is 33.1 Å². The first-order valence-corrected chi connectivity index (χ1v) is 5.65. The Morgan fingerprint density at radius 1 is 1.06 bits per heavy atom. The van der Waals surface area contributed by atoms with Gasteiger partial charge in [0.15, 0.2) is 0 Å². The highest BCUT2D eigenvalue weighted by molar-refractivity contribution is 5.79. The summed E-state index contributed by atoms with van der Waals surface area (Å²) < 4.78 is 0. The molecule has 0 spiro atoms. The molecule has 0 aliphatic heterocycles. The molecule has 0 amide bonds. The third kappa shape index (κ3) is 2.07. The van der Waals surface area contributed by atoms with Gasteiger partial charge in [-0.2, -0.15) is 0 Å². The molecule has 84 valence electrons. The zero-order chi connectivity index (χ0) is 11.7. The Labute approximate surface area is 96.0 Å². The molecule has 1 unspecified atom stereocenters. The smallest absolute Gasteiger partial charge is 0.0762 e. The number of benzene rings is 1. The molecule has 0 aliphatic rings. The standard InChI is InChI=1S/C14H17NO/c1-9(2)13-7-12-6-11(10(3)16)4-5-14(12)15-8-13/h4-10,16H,1-3H3. The molecule has 1 atom stereocenters. The van der Waals surface area contributed by atoms with E-state index in [0.29, 0.717) is 5.92 Å². The minimum Gasteiger partial charge on any atom is -0.389 e. The van der Waals surface area contributed by atoms with Crippen LogP contribution in [-0.4, -0.2) is 10.1 Å². The van der Waals surface area contributed by atoms with Gasteiger partial charge in [-0.25, -0.2) is 0 Å². The van der Waals surface area contributed by atoms with E-state index < -0.39 is 6.10 Å². The number of aliphatic hydroxyl groups is 1. The van der Waals surface area contributed by atoms with Gasteiger partial charge in [0.05, 0.1) is 11.6 Å². The lowest BCUT2D eigenvalue weighted by atomic mass is 10.0. The van der Waals surface area contributed by atoms with E-state index in [1.54, 1.807) is 6.92 Å². The van der Waals surface area contributed by atoms with Crippen LogP contribution in [0.3, 0.4) is 0 Å². The Morgan fingerprint density at radius 2 is 1.75 bits per heavy atom. The van der Waals surface area contributed by atoms with Crippen LogP contribution < -0.4 is 0 Å². The monoisotopic (exact) mass is 215 g/mol. The van der Waals surface area contributed by atoms with Gasteiger partial charge in [0.1, 0.15) is 0 Å². The molecule has 0 saturated carbocycles. The molecule has 2 rings (SSSR count). The van der Waals surface area contributed by atoms with Gasteiger partial charge in [-0.1, -0.05) is 19.9 Å². The van der Waals surface area contributed by atoms with Crippen molar-refractivity contribution in [1.82, 2.24) is 4.98 Å². The summed E-state index contributed by atoms with van der Waals surface area (Å²) in [5, 5.41) is 10.6. The predicted molar refractivity (Wildman–Crippen MR) is 66.5 cm³/mol. The van der Waals surface area contributed by atoms with Crippen LogP contribution in [0, 0.1) is 0 Å². The summed E-state index contributed by atoms with van der Waals surface area (Å²) in [5.41, 5.74) is 3.15. The third-order valence-corrected chi connectivity index (χ3v) is 2.88. The molecule has 0 aliphatic carbocycles. The number of pyridine rings is 1. The molecule has 1 aromatic heterocycles. The van der Waals surface area contributed by atoms with E-state index in [1.165, 1.54) is 5.56 Å². The van der Waals surface area contributed by atoms with E-state index in [1.807, 2.05) is 24.4 Å². The van der Waals surface area contributed by atoms with Crippen molar-refractivity contribution in [2.75, 3.05) is 0 Å². The van der Waals surface area contributed by atoms with Crippen molar-refractivity contribution in [1.29, 1.82) is 0 Å². The minimum absolute atomic E-state index is 0.424. The molecule has 0 saturated heterocycles. The van der Waals surface area contributed by atoms with Crippen LogP contribution in [0.2, 0.25) is 0 Å². The lowest BCUT2D eigenvalue weighted by Gasteiger charge is -2.09. The van der Waals surface area contributed by atoms with Crippen molar-refractivity contribution < 1.29 is 5.11 Å². The summed E-state index contributed by atoms with van der Waals surface area (Å²) in [7, 11) is 0. The highest BCUT2D eigenvalue weighted by atomic mass is 16.3. The van der Waals surface area contributed by atoms with Crippen molar-refractivity contribution >= 4 is 10.9 Å². The largest absolute Gasteiger partial charge is 0.389 e. The highest BCUT2D eigenvalue weighted by Gasteiger charge is 2.05. The first kappa shape index (κ1) is 11.1. The average molecular weight is 215 g/mol. The Balaban J connectivity index is 2.56. The fourth-order valence-electron chi connectivity index (χ4n) is 1.74. The van der Waals surface area contributed by atoms with Crippen LogP contribution in [0.25, 0.3) is 10.9 Å². The first-order chi connectivity index (χ1) is 7.58. The predicted octanol–water partition coefficient (Wildman–Crippen LogP) is 3.41. The maximum Gasteiger partial charge on any atom is 0.0762 e.